The number of carbonyl (C=O) groups is 1. The summed E-state index contributed by atoms with van der Waals surface area (Å²) in [4.78, 5) is 10.8. The van der Waals surface area contributed by atoms with Gasteiger partial charge in [0.25, 0.3) is 0 Å². The Morgan fingerprint density at radius 1 is 1.43 bits per heavy atom. The molecule has 0 fully saturated rings. The molecule has 1 unspecified atom stereocenters. The summed E-state index contributed by atoms with van der Waals surface area (Å²) in [5.41, 5.74) is 6.88. The lowest BCUT2D eigenvalue weighted by Crippen LogP contribution is -2.23. The van der Waals surface area contributed by atoms with Crippen molar-refractivity contribution in [2.75, 3.05) is 0 Å². The molecule has 14 heavy (non-hydrogen) atoms. The summed E-state index contributed by atoms with van der Waals surface area (Å²) in [5, 5.41) is 0. The van der Waals surface area contributed by atoms with E-state index >= 15 is 0 Å². The van der Waals surface area contributed by atoms with Crippen LogP contribution in [0.4, 0.5) is 0 Å². The third-order valence-electron chi connectivity index (χ3n) is 2.27. The third kappa shape index (κ3) is 2.67. The molecule has 0 aliphatic carbocycles. The fourth-order valence-electron chi connectivity index (χ4n) is 1.45. The van der Waals surface area contributed by atoms with Gasteiger partial charge in [-0.05, 0) is 12.0 Å². The van der Waals surface area contributed by atoms with Crippen molar-refractivity contribution in [3.63, 3.8) is 0 Å². The molecule has 0 saturated carbocycles. The Balaban J connectivity index is 2.72. The molecule has 0 spiro atoms. The predicted octanol–water partition coefficient (Wildman–Crippen LogP) is 2.14. The van der Waals surface area contributed by atoms with Crippen molar-refractivity contribution in [1.29, 1.82) is 0 Å². The van der Waals surface area contributed by atoms with Gasteiger partial charge in [0.2, 0.25) is 0 Å². The van der Waals surface area contributed by atoms with E-state index in [9.17, 15) is 4.79 Å². The van der Waals surface area contributed by atoms with E-state index in [2.05, 4.69) is 6.92 Å². The first-order valence-corrected chi connectivity index (χ1v) is 4.92. The van der Waals surface area contributed by atoms with Crippen LogP contribution in [-0.4, -0.2) is 6.29 Å². The van der Waals surface area contributed by atoms with Crippen LogP contribution in [0.25, 0.3) is 0 Å². The van der Waals surface area contributed by atoms with Crippen LogP contribution in [0.15, 0.2) is 30.3 Å². The molecule has 0 amide bonds. The Morgan fingerprint density at radius 2 is 2.07 bits per heavy atom. The highest BCUT2D eigenvalue weighted by atomic mass is 16.1. The van der Waals surface area contributed by atoms with Gasteiger partial charge in [-0.2, -0.15) is 0 Å². The molecule has 1 aromatic carbocycles. The van der Waals surface area contributed by atoms with Gasteiger partial charge in [-0.15, -0.1) is 0 Å². The Hall–Kier alpha value is -1.15. The Bertz CT molecular complexity index is 271. The lowest BCUT2D eigenvalue weighted by molar-refractivity contribution is -0.110. The van der Waals surface area contributed by atoms with Crippen molar-refractivity contribution in [2.24, 2.45) is 11.7 Å². The minimum absolute atomic E-state index is 0.137. The molecule has 0 aromatic heterocycles. The summed E-state index contributed by atoms with van der Waals surface area (Å²) >= 11 is 0. The maximum Gasteiger partial charge on any atom is 0.125 e. The molecule has 2 nitrogen and oxygen atoms in total. The molecule has 0 aliphatic heterocycles. The zero-order valence-corrected chi connectivity index (χ0v) is 8.44. The van der Waals surface area contributed by atoms with Crippen LogP contribution >= 0.6 is 0 Å². The molecule has 1 radical (unpaired) electrons. The average Bonchev–Trinajstić information content (AvgIpc) is 2.26. The van der Waals surface area contributed by atoms with Crippen molar-refractivity contribution in [3.8, 4) is 0 Å². The van der Waals surface area contributed by atoms with Gasteiger partial charge < -0.3 is 10.5 Å². The fraction of sp³-hybridized carbons (Fsp3) is 0.333. The largest absolute Gasteiger partial charge is 0.319 e. The Kier molecular flexibility index (Phi) is 4.33. The van der Waals surface area contributed by atoms with Crippen molar-refractivity contribution in [1.82, 2.24) is 0 Å². The molecule has 0 saturated heterocycles. The molecule has 75 valence electrons. The molecule has 1 aromatic rings. The smallest absolute Gasteiger partial charge is 0.125 e. The minimum atomic E-state index is -0.137. The number of aldehydes is 1. The summed E-state index contributed by atoms with van der Waals surface area (Å²) in [6, 6.07) is 10.3. The van der Waals surface area contributed by atoms with Gasteiger partial charge in [-0.1, -0.05) is 43.7 Å². The second-order valence-electron chi connectivity index (χ2n) is 3.35. The summed E-state index contributed by atoms with van der Waals surface area (Å²) in [7, 11) is 0. The molecule has 1 rings (SSSR count). The van der Waals surface area contributed by atoms with E-state index in [-0.39, 0.29) is 5.92 Å². The fourth-order valence-corrected chi connectivity index (χ4v) is 1.45. The number of hydrogen-bond acceptors (Lipinski definition) is 2. The third-order valence-corrected chi connectivity index (χ3v) is 2.27. The second kappa shape index (κ2) is 5.55. The highest BCUT2D eigenvalue weighted by Gasteiger charge is 2.18. The van der Waals surface area contributed by atoms with Crippen molar-refractivity contribution in [2.45, 2.75) is 19.8 Å². The summed E-state index contributed by atoms with van der Waals surface area (Å²) < 4.78 is 0. The maximum absolute atomic E-state index is 10.8. The number of rotatable bonds is 5. The van der Waals surface area contributed by atoms with Crippen molar-refractivity contribution >= 4 is 6.29 Å². The number of nitrogens with two attached hydrogens (primary N) is 1. The first kappa shape index (κ1) is 10.9. The zero-order chi connectivity index (χ0) is 10.4. The van der Waals surface area contributed by atoms with E-state index in [1.54, 1.807) is 0 Å². The zero-order valence-electron chi connectivity index (χ0n) is 8.44. The monoisotopic (exact) mass is 190 g/mol. The summed E-state index contributed by atoms with van der Waals surface area (Å²) in [6.07, 6.45) is 2.73. The molecular formula is C12H16NO. The SMILES string of the molecule is CCCC(C=O)[C](N)c1ccccc1. The quantitative estimate of drug-likeness (QED) is 0.723. The lowest BCUT2D eigenvalue weighted by atomic mass is 9.91. The van der Waals surface area contributed by atoms with Crippen LogP contribution in [0.3, 0.4) is 0 Å². The van der Waals surface area contributed by atoms with Crippen LogP contribution in [0.2, 0.25) is 0 Å². The van der Waals surface area contributed by atoms with Gasteiger partial charge in [-0.3, -0.25) is 0 Å². The predicted molar refractivity (Wildman–Crippen MR) is 57.4 cm³/mol. The highest BCUT2D eigenvalue weighted by Crippen LogP contribution is 2.20. The first-order valence-electron chi connectivity index (χ1n) is 4.92. The van der Waals surface area contributed by atoms with Gasteiger partial charge in [0.15, 0.2) is 0 Å². The Morgan fingerprint density at radius 3 is 2.57 bits per heavy atom. The Labute approximate surface area is 85.1 Å². The van der Waals surface area contributed by atoms with Crippen LogP contribution < -0.4 is 5.73 Å². The maximum atomic E-state index is 10.8. The average molecular weight is 190 g/mol. The first-order chi connectivity index (χ1) is 6.79. The molecular weight excluding hydrogens is 174 g/mol. The summed E-state index contributed by atoms with van der Waals surface area (Å²) in [5.74, 6) is -0.137. The number of benzene rings is 1. The van der Waals surface area contributed by atoms with Crippen LogP contribution in [-0.2, 0) is 4.79 Å². The standard InChI is InChI=1S/C12H16NO/c1-2-6-11(9-14)12(13)10-7-4-3-5-8-10/h3-5,7-9,11H,2,6,13H2,1H3. The second-order valence-corrected chi connectivity index (χ2v) is 3.35. The topological polar surface area (TPSA) is 43.1 Å². The number of hydrogen-bond donors (Lipinski definition) is 1. The lowest BCUT2D eigenvalue weighted by Gasteiger charge is -2.17. The van der Waals surface area contributed by atoms with E-state index in [1.165, 1.54) is 0 Å². The van der Waals surface area contributed by atoms with Gasteiger partial charge in [0.1, 0.15) is 6.29 Å². The van der Waals surface area contributed by atoms with Crippen LogP contribution in [0.5, 0.6) is 0 Å². The van der Waals surface area contributed by atoms with E-state index in [4.69, 9.17) is 5.73 Å². The number of carbonyl (C=O) groups excluding carboxylic acids is 1. The molecule has 0 aliphatic rings. The molecule has 0 bridgehead atoms. The molecule has 2 N–H and O–H groups in total. The van der Waals surface area contributed by atoms with Crippen LogP contribution in [0, 0.1) is 12.0 Å². The van der Waals surface area contributed by atoms with Gasteiger partial charge >= 0.3 is 0 Å². The van der Waals surface area contributed by atoms with Crippen LogP contribution in [0.1, 0.15) is 25.3 Å². The van der Waals surface area contributed by atoms with E-state index in [1.807, 2.05) is 30.3 Å². The molecule has 1 atom stereocenters. The van der Waals surface area contributed by atoms with Crippen molar-refractivity contribution in [3.05, 3.63) is 41.9 Å². The van der Waals surface area contributed by atoms with E-state index in [0.717, 1.165) is 24.7 Å². The minimum Gasteiger partial charge on any atom is -0.319 e. The van der Waals surface area contributed by atoms with Crippen molar-refractivity contribution < 1.29 is 4.79 Å². The summed E-state index contributed by atoms with van der Waals surface area (Å²) in [6.45, 7) is 2.05. The molecule has 0 heterocycles. The van der Waals surface area contributed by atoms with Gasteiger partial charge in [0.05, 0.1) is 6.04 Å². The molecule has 2 heteroatoms. The van der Waals surface area contributed by atoms with Gasteiger partial charge in [0, 0.05) is 5.92 Å². The van der Waals surface area contributed by atoms with E-state index < -0.39 is 0 Å². The normalized spacial score (nSPS) is 12.8. The highest BCUT2D eigenvalue weighted by molar-refractivity contribution is 5.59. The van der Waals surface area contributed by atoms with Gasteiger partial charge in [-0.25, -0.2) is 0 Å². The van der Waals surface area contributed by atoms with E-state index in [0.29, 0.717) is 6.04 Å².